The number of hydrogen-bond acceptors (Lipinski definition) is 6. The number of nitriles is 1. The number of hydrogen-bond donors (Lipinski definition) is 2. The molecule has 2 N–H and O–H groups in total. The summed E-state index contributed by atoms with van der Waals surface area (Å²) in [5, 5.41) is 20.0. The number of aliphatic hydroxyl groups excluding tert-OH is 1. The number of H-pyrrole nitrogens is 1. The molecule has 0 amide bonds. The molecule has 168 valence electrons. The van der Waals surface area contributed by atoms with E-state index < -0.39 is 10.0 Å². The number of aromatic amines is 1. The summed E-state index contributed by atoms with van der Waals surface area (Å²) in [5.41, 5.74) is 2.22. The van der Waals surface area contributed by atoms with Crippen LogP contribution in [0.3, 0.4) is 0 Å². The molecule has 3 heterocycles. The van der Waals surface area contributed by atoms with Crippen molar-refractivity contribution in [2.45, 2.75) is 38.6 Å². The first-order valence-corrected chi connectivity index (χ1v) is 12.6. The molecule has 31 heavy (non-hydrogen) atoms. The van der Waals surface area contributed by atoms with Gasteiger partial charge in [-0.1, -0.05) is 6.92 Å². The zero-order chi connectivity index (χ0) is 22.2. The number of nitrogens with zero attached hydrogens (tertiary/aromatic N) is 4. The van der Waals surface area contributed by atoms with Crippen molar-refractivity contribution >= 4 is 26.7 Å². The Kier molecular flexibility index (Phi) is 6.24. The lowest BCUT2D eigenvalue weighted by Gasteiger charge is -2.36. The molecule has 2 aromatic rings. The van der Waals surface area contributed by atoms with Crippen LogP contribution in [0.25, 0.3) is 11.0 Å². The van der Waals surface area contributed by atoms with E-state index in [0.29, 0.717) is 18.7 Å². The van der Waals surface area contributed by atoms with E-state index in [0.717, 1.165) is 42.4 Å². The number of fused-ring (bicyclic) bond motifs is 1. The first-order valence-electron chi connectivity index (χ1n) is 11.0. The summed E-state index contributed by atoms with van der Waals surface area (Å²) in [7, 11) is -1.29. The van der Waals surface area contributed by atoms with Crippen LogP contribution in [0.15, 0.2) is 18.5 Å². The highest BCUT2D eigenvalue weighted by molar-refractivity contribution is 7.89. The summed E-state index contributed by atoms with van der Waals surface area (Å²) in [4.78, 5) is 9.60. The normalized spacial score (nSPS) is 27.4. The second-order valence-electron chi connectivity index (χ2n) is 9.17. The molecule has 0 spiro atoms. The molecule has 8 nitrogen and oxygen atoms in total. The highest BCUT2D eigenvalue weighted by Gasteiger charge is 2.38. The van der Waals surface area contributed by atoms with Gasteiger partial charge in [0.05, 0.1) is 17.0 Å². The summed E-state index contributed by atoms with van der Waals surface area (Å²) < 4.78 is 27.4. The summed E-state index contributed by atoms with van der Waals surface area (Å²) >= 11 is 0. The Morgan fingerprint density at radius 2 is 2.06 bits per heavy atom. The van der Waals surface area contributed by atoms with Crippen molar-refractivity contribution in [2.75, 3.05) is 37.4 Å². The van der Waals surface area contributed by atoms with Gasteiger partial charge in [0, 0.05) is 50.6 Å². The average Bonchev–Trinajstić information content (AvgIpc) is 3.39. The van der Waals surface area contributed by atoms with E-state index in [-0.39, 0.29) is 36.2 Å². The average molecular weight is 446 g/mol. The zero-order valence-electron chi connectivity index (χ0n) is 18.2. The van der Waals surface area contributed by atoms with Crippen LogP contribution in [0.1, 0.15) is 38.2 Å². The van der Waals surface area contributed by atoms with Gasteiger partial charge in [-0.25, -0.2) is 17.7 Å². The number of anilines is 1. The van der Waals surface area contributed by atoms with Crippen molar-refractivity contribution in [1.29, 1.82) is 5.26 Å². The van der Waals surface area contributed by atoms with Crippen molar-refractivity contribution in [2.24, 2.45) is 17.8 Å². The monoisotopic (exact) mass is 445 g/mol. The number of aromatic nitrogens is 2. The number of rotatable bonds is 6. The maximum atomic E-state index is 12.9. The molecule has 1 aliphatic heterocycles. The molecule has 1 saturated heterocycles. The summed E-state index contributed by atoms with van der Waals surface area (Å²) in [6.07, 6.45) is 6.93. The minimum atomic E-state index is -3.30. The van der Waals surface area contributed by atoms with Gasteiger partial charge in [0.2, 0.25) is 10.0 Å². The van der Waals surface area contributed by atoms with Gasteiger partial charge in [0.1, 0.15) is 11.7 Å². The van der Waals surface area contributed by atoms with Crippen LogP contribution in [-0.4, -0.2) is 66.3 Å². The standard InChI is InChI=1S/C22H31N5O3S/c1-15-11-27(12-18(15)13-28)31(29,30)14-16-3-5-19(6-4-16)26(2)21-17(9-23)10-25-22-20(21)7-8-24-22/h7-8,10,15-16,18-19,28H,3-6,11-14H2,1-2H3,(H,24,25)/t15-,16-,18+,19-/m0/s1. The van der Waals surface area contributed by atoms with E-state index in [4.69, 9.17) is 0 Å². The quantitative estimate of drug-likeness (QED) is 0.705. The Morgan fingerprint density at radius 3 is 2.71 bits per heavy atom. The highest BCUT2D eigenvalue weighted by Crippen LogP contribution is 2.36. The van der Waals surface area contributed by atoms with Gasteiger partial charge in [-0.05, 0) is 49.5 Å². The van der Waals surface area contributed by atoms with E-state index in [9.17, 15) is 18.8 Å². The minimum Gasteiger partial charge on any atom is -0.396 e. The molecule has 0 aromatic carbocycles. The maximum absolute atomic E-state index is 12.9. The fraction of sp³-hybridized carbons (Fsp3) is 0.636. The number of pyridine rings is 1. The molecule has 2 fully saturated rings. The molecular weight excluding hydrogens is 414 g/mol. The van der Waals surface area contributed by atoms with Crippen molar-refractivity contribution in [3.63, 3.8) is 0 Å². The van der Waals surface area contributed by atoms with Crippen LogP contribution >= 0.6 is 0 Å². The largest absolute Gasteiger partial charge is 0.396 e. The highest BCUT2D eigenvalue weighted by atomic mass is 32.2. The molecule has 1 saturated carbocycles. The van der Waals surface area contributed by atoms with Crippen molar-refractivity contribution in [3.05, 3.63) is 24.0 Å². The lowest BCUT2D eigenvalue weighted by atomic mass is 9.86. The van der Waals surface area contributed by atoms with Crippen molar-refractivity contribution in [3.8, 4) is 6.07 Å². The second-order valence-corrected chi connectivity index (χ2v) is 11.2. The number of aliphatic hydroxyl groups is 1. The molecule has 9 heteroatoms. The predicted molar refractivity (Wildman–Crippen MR) is 120 cm³/mol. The van der Waals surface area contributed by atoms with E-state index >= 15 is 0 Å². The van der Waals surface area contributed by atoms with Gasteiger partial charge in [0.25, 0.3) is 0 Å². The van der Waals surface area contributed by atoms with Gasteiger partial charge in [-0.15, -0.1) is 0 Å². The fourth-order valence-corrected chi connectivity index (χ4v) is 7.21. The molecule has 0 radical (unpaired) electrons. The van der Waals surface area contributed by atoms with Crippen molar-refractivity contribution in [1.82, 2.24) is 14.3 Å². The van der Waals surface area contributed by atoms with E-state index in [1.165, 1.54) is 0 Å². The predicted octanol–water partition coefficient (Wildman–Crippen LogP) is 2.32. The van der Waals surface area contributed by atoms with E-state index in [1.807, 2.05) is 26.2 Å². The van der Waals surface area contributed by atoms with Crippen LogP contribution in [-0.2, 0) is 10.0 Å². The van der Waals surface area contributed by atoms with Crippen LogP contribution in [0, 0.1) is 29.1 Å². The van der Waals surface area contributed by atoms with Crippen molar-refractivity contribution < 1.29 is 13.5 Å². The van der Waals surface area contributed by atoms with Crippen LogP contribution in [0.5, 0.6) is 0 Å². The van der Waals surface area contributed by atoms with Crippen LogP contribution in [0.4, 0.5) is 5.69 Å². The van der Waals surface area contributed by atoms with Gasteiger partial charge in [0.15, 0.2) is 0 Å². The lowest BCUT2D eigenvalue weighted by Crippen LogP contribution is -2.39. The molecule has 0 bridgehead atoms. The Balaban J connectivity index is 1.40. The molecule has 4 rings (SSSR count). The van der Waals surface area contributed by atoms with Gasteiger partial charge >= 0.3 is 0 Å². The molecule has 2 atom stereocenters. The Labute approximate surface area is 183 Å². The topological polar surface area (TPSA) is 113 Å². The second kappa shape index (κ2) is 8.77. The first kappa shape index (κ1) is 22.1. The summed E-state index contributed by atoms with van der Waals surface area (Å²) in [6.45, 7) is 2.99. The van der Waals surface area contributed by atoms with Gasteiger partial charge in [-0.3, -0.25) is 0 Å². The lowest BCUT2D eigenvalue weighted by molar-refractivity contribution is 0.210. The summed E-state index contributed by atoms with van der Waals surface area (Å²) in [6, 6.07) is 4.47. The summed E-state index contributed by atoms with van der Waals surface area (Å²) in [5.74, 6) is 0.580. The fourth-order valence-electron chi connectivity index (χ4n) is 5.19. The molecular formula is C22H31N5O3S. The molecule has 1 aliphatic carbocycles. The number of nitrogens with one attached hydrogen (secondary N) is 1. The third-order valence-corrected chi connectivity index (χ3v) is 9.18. The number of sulfonamides is 1. The smallest absolute Gasteiger partial charge is 0.214 e. The SMILES string of the molecule is C[C@H]1CN(S(=O)(=O)C[C@H]2CC[C@H](N(C)c3c(C#N)cnc4[nH]ccc34)CC2)C[C@@H]1CO. The van der Waals surface area contributed by atoms with Crippen LogP contribution in [0.2, 0.25) is 0 Å². The Hall–Kier alpha value is -2.15. The van der Waals surface area contributed by atoms with Crippen LogP contribution < -0.4 is 4.90 Å². The Morgan fingerprint density at radius 1 is 1.32 bits per heavy atom. The van der Waals surface area contributed by atoms with E-state index in [2.05, 4.69) is 20.9 Å². The first-order chi connectivity index (χ1) is 14.8. The minimum absolute atomic E-state index is 0.0404. The maximum Gasteiger partial charge on any atom is 0.214 e. The Bertz CT molecular complexity index is 1070. The molecule has 2 aliphatic rings. The van der Waals surface area contributed by atoms with Gasteiger partial charge in [-0.2, -0.15) is 5.26 Å². The zero-order valence-corrected chi connectivity index (χ0v) is 19.0. The third kappa shape index (κ3) is 4.29. The van der Waals surface area contributed by atoms with Gasteiger partial charge < -0.3 is 15.0 Å². The molecule has 2 aromatic heterocycles. The van der Waals surface area contributed by atoms with E-state index in [1.54, 1.807) is 10.5 Å². The molecule has 0 unspecified atom stereocenters. The third-order valence-electron chi connectivity index (χ3n) is 7.20.